The quantitative estimate of drug-likeness (QED) is 0.937. The van der Waals surface area contributed by atoms with Gasteiger partial charge in [0, 0.05) is 24.3 Å². The van der Waals surface area contributed by atoms with Gasteiger partial charge in [-0.2, -0.15) is 5.26 Å². The molecule has 1 unspecified atom stereocenters. The highest BCUT2D eigenvalue weighted by Crippen LogP contribution is 2.29. The van der Waals surface area contributed by atoms with E-state index in [0.29, 0.717) is 17.1 Å². The number of hydrogen-bond acceptors (Lipinski definition) is 3. The summed E-state index contributed by atoms with van der Waals surface area (Å²) in [6, 6.07) is 17.2. The fourth-order valence-electron chi connectivity index (χ4n) is 2.19. The zero-order chi connectivity index (χ0) is 14.5. The van der Waals surface area contributed by atoms with Crippen molar-refractivity contribution in [3.05, 3.63) is 64.7 Å². The Labute approximate surface area is 124 Å². The van der Waals surface area contributed by atoms with Gasteiger partial charge in [-0.3, -0.25) is 0 Å². The smallest absolute Gasteiger partial charge is 0.0991 e. The zero-order valence-electron chi connectivity index (χ0n) is 11.3. The van der Waals surface area contributed by atoms with E-state index in [2.05, 4.69) is 11.0 Å². The maximum absolute atomic E-state index is 8.84. The molecule has 2 rings (SSSR count). The molecule has 0 saturated heterocycles. The van der Waals surface area contributed by atoms with Gasteiger partial charge < -0.3 is 10.6 Å². The molecule has 1 atom stereocenters. The van der Waals surface area contributed by atoms with Gasteiger partial charge in [-0.1, -0.05) is 29.8 Å². The van der Waals surface area contributed by atoms with Crippen LogP contribution in [0.5, 0.6) is 0 Å². The average molecular weight is 286 g/mol. The molecule has 0 fully saturated rings. The van der Waals surface area contributed by atoms with E-state index in [9.17, 15) is 0 Å². The van der Waals surface area contributed by atoms with Gasteiger partial charge in [-0.05, 0) is 35.9 Å². The van der Waals surface area contributed by atoms with E-state index in [1.165, 1.54) is 0 Å². The summed E-state index contributed by atoms with van der Waals surface area (Å²) < 4.78 is 0. The van der Waals surface area contributed by atoms with Crippen molar-refractivity contribution < 1.29 is 0 Å². The van der Waals surface area contributed by atoms with Crippen LogP contribution in [0.2, 0.25) is 5.02 Å². The molecular weight excluding hydrogens is 270 g/mol. The predicted molar refractivity (Wildman–Crippen MR) is 82.8 cm³/mol. The molecule has 2 aromatic rings. The molecule has 0 aliphatic heterocycles. The largest absolute Gasteiger partial charge is 0.366 e. The highest BCUT2D eigenvalue weighted by molar-refractivity contribution is 6.31. The van der Waals surface area contributed by atoms with Gasteiger partial charge in [0.25, 0.3) is 0 Å². The van der Waals surface area contributed by atoms with Crippen molar-refractivity contribution >= 4 is 17.3 Å². The molecule has 0 heterocycles. The summed E-state index contributed by atoms with van der Waals surface area (Å²) in [7, 11) is 1.97. The Kier molecular flexibility index (Phi) is 4.62. The number of likely N-dealkylation sites (N-methyl/N-ethyl adjacent to an activating group) is 1. The molecule has 3 nitrogen and oxygen atoms in total. The average Bonchev–Trinajstić information content (AvgIpc) is 2.50. The lowest BCUT2D eigenvalue weighted by Crippen LogP contribution is -2.30. The number of rotatable bonds is 4. The van der Waals surface area contributed by atoms with Crippen molar-refractivity contribution in [1.29, 1.82) is 5.26 Å². The third-order valence-corrected chi connectivity index (χ3v) is 3.70. The van der Waals surface area contributed by atoms with Crippen LogP contribution in [0.3, 0.4) is 0 Å². The molecule has 0 radical (unpaired) electrons. The van der Waals surface area contributed by atoms with Crippen LogP contribution < -0.4 is 10.6 Å². The lowest BCUT2D eigenvalue weighted by atomic mass is 10.0. The number of nitrogens with zero attached hydrogens (tertiary/aromatic N) is 2. The number of nitrogens with two attached hydrogens (primary N) is 1. The number of anilines is 1. The van der Waals surface area contributed by atoms with Gasteiger partial charge in [-0.25, -0.2) is 0 Å². The Morgan fingerprint density at radius 2 is 1.85 bits per heavy atom. The topological polar surface area (TPSA) is 53.0 Å². The van der Waals surface area contributed by atoms with Crippen molar-refractivity contribution in [3.63, 3.8) is 0 Å². The third kappa shape index (κ3) is 2.93. The summed E-state index contributed by atoms with van der Waals surface area (Å²) in [5.41, 5.74) is 8.56. The van der Waals surface area contributed by atoms with Crippen molar-refractivity contribution in [2.24, 2.45) is 5.73 Å². The molecule has 4 heteroatoms. The van der Waals surface area contributed by atoms with Crippen molar-refractivity contribution in [2.75, 3.05) is 18.5 Å². The number of hydrogen-bond donors (Lipinski definition) is 1. The molecule has 0 spiro atoms. The molecule has 0 saturated carbocycles. The normalized spacial score (nSPS) is 11.7. The lowest BCUT2D eigenvalue weighted by molar-refractivity contribution is 0.681. The van der Waals surface area contributed by atoms with Gasteiger partial charge in [0.2, 0.25) is 0 Å². The van der Waals surface area contributed by atoms with Crippen molar-refractivity contribution in [1.82, 2.24) is 0 Å². The minimum atomic E-state index is -0.00312. The maximum atomic E-state index is 8.84. The predicted octanol–water partition coefficient (Wildman–Crippen LogP) is 3.35. The monoisotopic (exact) mass is 285 g/mol. The minimum Gasteiger partial charge on any atom is -0.366 e. The van der Waals surface area contributed by atoms with Gasteiger partial charge >= 0.3 is 0 Å². The lowest BCUT2D eigenvalue weighted by Gasteiger charge is -2.30. The van der Waals surface area contributed by atoms with E-state index >= 15 is 0 Å². The van der Waals surface area contributed by atoms with Crippen LogP contribution in [0.25, 0.3) is 0 Å². The van der Waals surface area contributed by atoms with Gasteiger partial charge in [0.05, 0.1) is 17.7 Å². The Morgan fingerprint density at radius 1 is 1.20 bits per heavy atom. The number of nitriles is 1. The van der Waals surface area contributed by atoms with Crippen molar-refractivity contribution in [3.8, 4) is 6.07 Å². The summed E-state index contributed by atoms with van der Waals surface area (Å²) in [6.45, 7) is 0.459. The van der Waals surface area contributed by atoms with Crippen LogP contribution in [0.1, 0.15) is 17.2 Å². The number of halogens is 1. The van der Waals surface area contributed by atoms with E-state index in [0.717, 1.165) is 11.3 Å². The van der Waals surface area contributed by atoms with Crippen LogP contribution in [-0.2, 0) is 0 Å². The van der Waals surface area contributed by atoms with E-state index in [4.69, 9.17) is 22.6 Å². The van der Waals surface area contributed by atoms with Crippen LogP contribution >= 0.6 is 11.6 Å². The van der Waals surface area contributed by atoms with Crippen LogP contribution in [0, 0.1) is 11.3 Å². The highest BCUT2D eigenvalue weighted by Gasteiger charge is 2.18. The first-order valence-corrected chi connectivity index (χ1v) is 6.72. The molecule has 0 aromatic heterocycles. The van der Waals surface area contributed by atoms with E-state index in [1.807, 2.05) is 43.4 Å². The zero-order valence-corrected chi connectivity index (χ0v) is 12.0. The first-order chi connectivity index (χ1) is 9.67. The second-order valence-corrected chi connectivity index (χ2v) is 4.95. The maximum Gasteiger partial charge on any atom is 0.0991 e. The van der Waals surface area contributed by atoms with E-state index in [-0.39, 0.29) is 6.04 Å². The molecule has 0 aliphatic carbocycles. The molecule has 2 aromatic carbocycles. The Balaban J connectivity index is 2.31. The summed E-state index contributed by atoms with van der Waals surface area (Å²) in [5, 5.41) is 9.55. The third-order valence-electron chi connectivity index (χ3n) is 3.36. The van der Waals surface area contributed by atoms with E-state index in [1.54, 1.807) is 12.1 Å². The molecular formula is C16H16ClN3. The fraction of sp³-hybridized carbons (Fsp3) is 0.188. The van der Waals surface area contributed by atoms with Gasteiger partial charge in [-0.15, -0.1) is 0 Å². The first-order valence-electron chi connectivity index (χ1n) is 6.35. The molecule has 20 heavy (non-hydrogen) atoms. The van der Waals surface area contributed by atoms with Crippen molar-refractivity contribution in [2.45, 2.75) is 6.04 Å². The molecule has 2 N–H and O–H groups in total. The van der Waals surface area contributed by atoms with Crippen LogP contribution in [0.15, 0.2) is 48.5 Å². The Morgan fingerprint density at radius 3 is 2.40 bits per heavy atom. The van der Waals surface area contributed by atoms with E-state index < -0.39 is 0 Å². The second-order valence-electron chi connectivity index (χ2n) is 4.54. The Bertz CT molecular complexity index is 616. The SMILES string of the molecule is CN(c1ccc(C#N)cc1)C(CN)c1ccccc1Cl. The summed E-state index contributed by atoms with van der Waals surface area (Å²) in [6.07, 6.45) is 0. The molecule has 102 valence electrons. The highest BCUT2D eigenvalue weighted by atomic mass is 35.5. The minimum absolute atomic E-state index is 0.00312. The van der Waals surface area contributed by atoms with Crippen LogP contribution in [0.4, 0.5) is 5.69 Å². The second kappa shape index (κ2) is 6.42. The van der Waals surface area contributed by atoms with Crippen LogP contribution in [-0.4, -0.2) is 13.6 Å². The molecule has 0 bridgehead atoms. The fourth-order valence-corrected chi connectivity index (χ4v) is 2.45. The molecule has 0 amide bonds. The Hall–Kier alpha value is -2.02. The molecule has 0 aliphatic rings. The summed E-state index contributed by atoms with van der Waals surface area (Å²) >= 11 is 6.25. The van der Waals surface area contributed by atoms with Gasteiger partial charge in [0.1, 0.15) is 0 Å². The summed E-state index contributed by atoms with van der Waals surface area (Å²) in [5.74, 6) is 0. The number of benzene rings is 2. The van der Waals surface area contributed by atoms with Gasteiger partial charge in [0.15, 0.2) is 0 Å². The first kappa shape index (κ1) is 14.4. The standard InChI is InChI=1S/C16H16ClN3/c1-20(13-8-6-12(10-18)7-9-13)16(11-19)14-4-2-3-5-15(14)17/h2-9,16H,11,19H2,1H3. The summed E-state index contributed by atoms with van der Waals surface area (Å²) in [4.78, 5) is 2.07.